The third-order valence-electron chi connectivity index (χ3n) is 3.70. The van der Waals surface area contributed by atoms with Crippen LogP contribution in [0.5, 0.6) is 0 Å². The highest BCUT2D eigenvalue weighted by molar-refractivity contribution is 7.99. The van der Waals surface area contributed by atoms with Crippen molar-refractivity contribution >= 4 is 17.6 Å². The van der Waals surface area contributed by atoms with Crippen LogP contribution in [0.4, 0.5) is 5.82 Å². The van der Waals surface area contributed by atoms with Crippen LogP contribution >= 0.6 is 11.8 Å². The first-order valence-electron chi connectivity index (χ1n) is 7.16. The number of hydrogen-bond acceptors (Lipinski definition) is 6. The summed E-state index contributed by atoms with van der Waals surface area (Å²) >= 11 is 1.42. The fourth-order valence-electron chi connectivity index (χ4n) is 2.26. The van der Waals surface area contributed by atoms with Crippen molar-refractivity contribution in [3.05, 3.63) is 22.4 Å². The molecule has 2 N–H and O–H groups in total. The first-order valence-corrected chi connectivity index (χ1v) is 7.97. The summed E-state index contributed by atoms with van der Waals surface area (Å²) in [5.41, 5.74) is -0.134. The summed E-state index contributed by atoms with van der Waals surface area (Å²) in [5, 5.41) is 11.2. The quantitative estimate of drug-likeness (QED) is 0.818. The fourth-order valence-corrected chi connectivity index (χ4v) is 3.18. The second-order valence-electron chi connectivity index (χ2n) is 5.49. The lowest BCUT2D eigenvalue weighted by Crippen LogP contribution is -2.16. The molecule has 110 valence electrons. The topological polar surface area (TPSA) is 88.5 Å². The molecule has 2 fully saturated rings. The van der Waals surface area contributed by atoms with Crippen molar-refractivity contribution in [1.82, 2.24) is 24.7 Å². The molecule has 0 atom stereocenters. The third-order valence-corrected chi connectivity index (χ3v) is 4.59. The standard InChI is InChI=1S/C13H16N6OS/c1-14-9-6-10(16-11(15-9)7-2-3-7)21-13-18-17-12(20)19(13)8-4-5-8/h6-8H,2-5H2,1H3,(H,17,20)(H,14,15,16). The molecular formula is C13H16N6OS. The second-order valence-corrected chi connectivity index (χ2v) is 6.48. The fraction of sp³-hybridized carbons (Fsp3) is 0.538. The lowest BCUT2D eigenvalue weighted by Gasteiger charge is -2.07. The highest BCUT2D eigenvalue weighted by atomic mass is 32.2. The van der Waals surface area contributed by atoms with Gasteiger partial charge in [0.05, 0.1) is 0 Å². The van der Waals surface area contributed by atoms with Crippen LogP contribution in [-0.4, -0.2) is 31.8 Å². The molecule has 2 heterocycles. The Balaban J connectivity index is 1.67. The predicted octanol–water partition coefficient (Wildman–Crippen LogP) is 1.77. The van der Waals surface area contributed by atoms with Gasteiger partial charge >= 0.3 is 5.69 Å². The summed E-state index contributed by atoms with van der Waals surface area (Å²) in [7, 11) is 1.85. The van der Waals surface area contributed by atoms with Crippen LogP contribution in [0, 0.1) is 0 Å². The average Bonchev–Trinajstić information content (AvgIpc) is 3.38. The Morgan fingerprint density at radius 1 is 1.33 bits per heavy atom. The molecular weight excluding hydrogens is 288 g/mol. The Hall–Kier alpha value is -1.83. The SMILES string of the molecule is CNc1cc(Sc2n[nH]c(=O)n2C2CC2)nc(C2CC2)n1. The van der Waals surface area contributed by atoms with Gasteiger partial charge in [-0.25, -0.2) is 19.9 Å². The zero-order chi connectivity index (χ0) is 14.4. The third kappa shape index (κ3) is 2.55. The predicted molar refractivity (Wildman–Crippen MR) is 78.8 cm³/mol. The van der Waals surface area contributed by atoms with Gasteiger partial charge < -0.3 is 5.32 Å². The molecule has 2 aromatic rings. The molecule has 0 aromatic carbocycles. The van der Waals surface area contributed by atoms with Crippen LogP contribution in [-0.2, 0) is 0 Å². The molecule has 2 saturated carbocycles. The van der Waals surface area contributed by atoms with Crippen LogP contribution in [0.2, 0.25) is 0 Å². The molecule has 0 spiro atoms. The molecule has 2 aliphatic rings. The summed E-state index contributed by atoms with van der Waals surface area (Å²) in [6.45, 7) is 0. The van der Waals surface area contributed by atoms with Crippen LogP contribution in [0.15, 0.2) is 21.0 Å². The Morgan fingerprint density at radius 3 is 2.81 bits per heavy atom. The van der Waals surface area contributed by atoms with Gasteiger partial charge in [0, 0.05) is 25.1 Å². The Bertz CT molecular complexity index is 731. The highest BCUT2D eigenvalue weighted by Crippen LogP contribution is 2.40. The van der Waals surface area contributed by atoms with Crippen molar-refractivity contribution in [2.45, 2.75) is 47.8 Å². The van der Waals surface area contributed by atoms with Crippen LogP contribution in [0.3, 0.4) is 0 Å². The number of rotatable bonds is 5. The maximum absolute atomic E-state index is 11.8. The summed E-state index contributed by atoms with van der Waals surface area (Å²) in [6, 6.07) is 2.19. The molecule has 8 heteroatoms. The summed E-state index contributed by atoms with van der Waals surface area (Å²) in [4.78, 5) is 20.9. The van der Waals surface area contributed by atoms with Gasteiger partial charge in [-0.3, -0.25) is 4.57 Å². The van der Waals surface area contributed by atoms with Gasteiger partial charge in [-0.2, -0.15) is 0 Å². The molecule has 2 aromatic heterocycles. The molecule has 0 aliphatic heterocycles. The lowest BCUT2D eigenvalue weighted by atomic mass is 10.4. The number of hydrogen-bond donors (Lipinski definition) is 2. The van der Waals surface area contributed by atoms with E-state index < -0.39 is 0 Å². The molecule has 4 rings (SSSR count). The average molecular weight is 304 g/mol. The van der Waals surface area contributed by atoms with Crippen molar-refractivity contribution in [2.75, 3.05) is 12.4 Å². The minimum atomic E-state index is -0.134. The maximum Gasteiger partial charge on any atom is 0.344 e. The van der Waals surface area contributed by atoms with Crippen molar-refractivity contribution < 1.29 is 0 Å². The van der Waals surface area contributed by atoms with Crippen molar-refractivity contribution in [3.63, 3.8) is 0 Å². The van der Waals surface area contributed by atoms with Gasteiger partial charge in [0.1, 0.15) is 16.7 Å². The highest BCUT2D eigenvalue weighted by Gasteiger charge is 2.30. The summed E-state index contributed by atoms with van der Waals surface area (Å²) in [6.07, 6.45) is 4.41. The number of aromatic amines is 1. The zero-order valence-corrected chi connectivity index (χ0v) is 12.5. The number of anilines is 1. The number of H-pyrrole nitrogens is 1. The maximum atomic E-state index is 11.8. The van der Waals surface area contributed by atoms with Crippen LogP contribution < -0.4 is 11.0 Å². The monoisotopic (exact) mass is 304 g/mol. The van der Waals surface area contributed by atoms with Gasteiger partial charge in [0.25, 0.3) is 0 Å². The van der Waals surface area contributed by atoms with Gasteiger partial charge in [0.15, 0.2) is 5.16 Å². The Kier molecular flexibility index (Phi) is 2.99. The van der Waals surface area contributed by atoms with E-state index in [1.54, 1.807) is 4.57 Å². The largest absolute Gasteiger partial charge is 0.373 e. The molecule has 0 unspecified atom stereocenters. The molecule has 0 saturated heterocycles. The van der Waals surface area contributed by atoms with Gasteiger partial charge in [-0.1, -0.05) is 0 Å². The first-order chi connectivity index (χ1) is 10.2. The van der Waals surface area contributed by atoms with E-state index in [1.165, 1.54) is 11.8 Å². The van der Waals surface area contributed by atoms with Crippen molar-refractivity contribution in [3.8, 4) is 0 Å². The molecule has 7 nitrogen and oxygen atoms in total. The molecule has 0 amide bonds. The summed E-state index contributed by atoms with van der Waals surface area (Å²) in [5.74, 6) is 2.19. The van der Waals surface area contributed by atoms with Crippen LogP contribution in [0.25, 0.3) is 0 Å². The smallest absolute Gasteiger partial charge is 0.344 e. The van der Waals surface area contributed by atoms with Crippen molar-refractivity contribution in [2.24, 2.45) is 0 Å². The van der Waals surface area contributed by atoms with Gasteiger partial charge in [-0.15, -0.1) is 5.10 Å². The first kappa shape index (κ1) is 12.9. The van der Waals surface area contributed by atoms with E-state index in [4.69, 9.17) is 0 Å². The minimum Gasteiger partial charge on any atom is -0.373 e. The normalized spacial score (nSPS) is 18.0. The zero-order valence-electron chi connectivity index (χ0n) is 11.7. The number of nitrogens with one attached hydrogen (secondary N) is 2. The molecule has 2 aliphatic carbocycles. The second kappa shape index (κ2) is 4.87. The molecule has 21 heavy (non-hydrogen) atoms. The van der Waals surface area contributed by atoms with Crippen molar-refractivity contribution in [1.29, 1.82) is 0 Å². The minimum absolute atomic E-state index is 0.134. The Labute approximate surface area is 125 Å². The van der Waals surface area contributed by atoms with E-state index in [-0.39, 0.29) is 5.69 Å². The van der Waals surface area contributed by atoms with E-state index in [0.717, 1.165) is 42.4 Å². The van der Waals surface area contributed by atoms with E-state index in [0.29, 0.717) is 17.1 Å². The van der Waals surface area contributed by atoms with Crippen LogP contribution in [0.1, 0.15) is 43.5 Å². The van der Waals surface area contributed by atoms with Gasteiger partial charge in [-0.05, 0) is 37.4 Å². The van der Waals surface area contributed by atoms with E-state index >= 15 is 0 Å². The van der Waals surface area contributed by atoms with E-state index in [2.05, 4.69) is 25.5 Å². The van der Waals surface area contributed by atoms with E-state index in [1.807, 2.05) is 13.1 Å². The van der Waals surface area contributed by atoms with Gasteiger partial charge in [0.2, 0.25) is 0 Å². The number of aromatic nitrogens is 5. The summed E-state index contributed by atoms with van der Waals surface area (Å²) < 4.78 is 1.74. The molecule has 0 radical (unpaired) electrons. The van der Waals surface area contributed by atoms with E-state index in [9.17, 15) is 4.79 Å². The lowest BCUT2D eigenvalue weighted by molar-refractivity contribution is 0.642. The molecule has 0 bridgehead atoms. The Morgan fingerprint density at radius 2 is 2.14 bits per heavy atom. The number of nitrogens with zero attached hydrogens (tertiary/aromatic N) is 4.